The third kappa shape index (κ3) is 10.5. The van der Waals surface area contributed by atoms with Gasteiger partial charge in [-0.05, 0) is 5.56 Å². The topological polar surface area (TPSA) is 210 Å². The second kappa shape index (κ2) is 12.4. The van der Waals surface area contributed by atoms with Crippen LogP contribution in [0.5, 0.6) is 0 Å². The molecule has 28 heavy (non-hydrogen) atoms. The average Bonchev–Trinajstić information content (AvgIpc) is 2.93. The summed E-state index contributed by atoms with van der Waals surface area (Å²) in [7, 11) is -10.7. The van der Waals surface area contributed by atoms with Gasteiger partial charge in [-0.1, -0.05) is 30.3 Å². The van der Waals surface area contributed by atoms with Gasteiger partial charge >= 0.3 is 88.8 Å². The molecule has 2 aromatic heterocycles. The van der Waals surface area contributed by atoms with Crippen LogP contribution in [0.1, 0.15) is 11.3 Å². The van der Waals surface area contributed by atoms with Gasteiger partial charge in [-0.15, -0.1) is 0 Å². The summed E-state index contributed by atoms with van der Waals surface area (Å²) < 4.78 is 21.7. The van der Waals surface area contributed by atoms with Crippen molar-refractivity contribution in [2.45, 2.75) is 6.42 Å². The van der Waals surface area contributed by atoms with Crippen LogP contribution in [-0.2, 0) is 19.9 Å². The monoisotopic (exact) mass is 463 g/mol. The first-order valence-electron chi connectivity index (χ1n) is 6.82. The Hall–Kier alpha value is 0.466. The summed E-state index contributed by atoms with van der Waals surface area (Å²) in [4.78, 5) is 49.6. The molecule has 0 saturated heterocycles. The quantitative estimate of drug-likeness (QED) is 0.211. The van der Waals surface area contributed by atoms with Crippen LogP contribution in [0.25, 0.3) is 11.2 Å². The van der Waals surface area contributed by atoms with E-state index in [1.807, 2.05) is 18.2 Å². The number of imidazole rings is 1. The van der Waals surface area contributed by atoms with Crippen LogP contribution in [0.3, 0.4) is 0 Å². The predicted molar refractivity (Wildman–Crippen MR) is 86.1 cm³/mol. The van der Waals surface area contributed by atoms with Crippen molar-refractivity contribution in [3.63, 3.8) is 0 Å². The van der Waals surface area contributed by atoms with Crippen LogP contribution < -0.4 is 96.5 Å². The molecule has 140 valence electrons. The first kappa shape index (κ1) is 28.5. The van der Waals surface area contributed by atoms with E-state index in [9.17, 15) is 18.9 Å². The molecular formula is C12H13KN5NaO7P2. The molecule has 12 nitrogen and oxygen atoms in total. The number of aromatic nitrogens is 4. The molecular weight excluding hydrogens is 450 g/mol. The third-order valence-corrected chi connectivity index (χ3v) is 4.45. The smallest absolute Gasteiger partial charge is 0.789 e. The molecule has 0 fully saturated rings. The number of nitrogens with one attached hydrogen (secondary N) is 1. The molecule has 0 aliphatic rings. The van der Waals surface area contributed by atoms with Crippen molar-refractivity contribution in [3.05, 3.63) is 47.9 Å². The zero-order valence-electron chi connectivity index (χ0n) is 14.9. The van der Waals surface area contributed by atoms with Crippen LogP contribution in [0.15, 0.2) is 36.7 Å². The van der Waals surface area contributed by atoms with E-state index in [0.29, 0.717) is 12.1 Å². The number of benzene rings is 1. The first-order chi connectivity index (χ1) is 12.0. The SMILES string of the molecule is Nc1nc(Cc2ccccc2)c2[nH]cnc2n1.O=P([O-])([O-])OP(=O)(O)O.[K+].[Na+]. The van der Waals surface area contributed by atoms with E-state index in [0.717, 1.165) is 11.2 Å². The van der Waals surface area contributed by atoms with Crippen molar-refractivity contribution in [2.24, 2.45) is 0 Å². The predicted octanol–water partition coefficient (Wildman–Crippen LogP) is -6.54. The van der Waals surface area contributed by atoms with Crippen LogP contribution in [-0.4, -0.2) is 29.7 Å². The summed E-state index contributed by atoms with van der Waals surface area (Å²) in [5, 5.41) is 0. The maximum absolute atomic E-state index is 9.55. The average molecular weight is 463 g/mol. The Bertz CT molecular complexity index is 961. The van der Waals surface area contributed by atoms with Gasteiger partial charge in [0.1, 0.15) is 5.52 Å². The number of phosphoric acid groups is 2. The second-order valence-corrected chi connectivity index (χ2v) is 7.34. The Morgan fingerprint density at radius 2 is 1.75 bits per heavy atom. The van der Waals surface area contributed by atoms with Crippen molar-refractivity contribution in [1.29, 1.82) is 0 Å². The van der Waals surface area contributed by atoms with E-state index < -0.39 is 15.6 Å². The second-order valence-electron chi connectivity index (χ2n) is 4.81. The van der Waals surface area contributed by atoms with Crippen molar-refractivity contribution in [3.8, 4) is 0 Å². The van der Waals surface area contributed by atoms with Gasteiger partial charge in [-0.3, -0.25) is 4.31 Å². The molecule has 16 heteroatoms. The summed E-state index contributed by atoms with van der Waals surface area (Å²) in [6, 6.07) is 10.1. The number of aromatic amines is 1. The van der Waals surface area contributed by atoms with Crippen LogP contribution in [0.2, 0.25) is 0 Å². The fourth-order valence-electron chi connectivity index (χ4n) is 1.96. The van der Waals surface area contributed by atoms with E-state index in [-0.39, 0.29) is 86.9 Å². The standard InChI is InChI=1S/C12H11N5.K.Na.H4O7P2/c13-12-16-9(6-8-4-2-1-3-5-8)10-11(17-12)15-7-14-10;;;1-8(2,3)7-9(4,5)6/h1-5,7H,6H2,(H3,13,14,15,16,17);;;(H2,1,2,3)(H2,4,5,6)/q;2*+1;/p-2. The molecule has 0 unspecified atom stereocenters. The largest absolute Gasteiger partial charge is 1.00 e. The van der Waals surface area contributed by atoms with Gasteiger partial charge in [-0.25, -0.2) is 14.5 Å². The zero-order valence-corrected chi connectivity index (χ0v) is 21.8. The minimum Gasteiger partial charge on any atom is -0.789 e. The summed E-state index contributed by atoms with van der Waals surface area (Å²) in [5.74, 6) is 0.260. The molecule has 3 aromatic rings. The molecule has 2 heterocycles. The van der Waals surface area contributed by atoms with Gasteiger partial charge in [0, 0.05) is 6.42 Å². The molecule has 5 N–H and O–H groups in total. The fraction of sp³-hybridized carbons (Fsp3) is 0.0833. The number of H-pyrrole nitrogens is 1. The number of anilines is 1. The van der Waals surface area contributed by atoms with E-state index in [2.05, 4.69) is 36.4 Å². The number of fused-ring (bicyclic) bond motifs is 1. The zero-order chi connectivity index (χ0) is 19.4. The summed E-state index contributed by atoms with van der Waals surface area (Å²) in [5.41, 5.74) is 9.18. The van der Waals surface area contributed by atoms with Crippen molar-refractivity contribution in [1.82, 2.24) is 19.9 Å². The van der Waals surface area contributed by atoms with Gasteiger partial charge in [0.2, 0.25) is 5.95 Å². The van der Waals surface area contributed by atoms with Gasteiger partial charge in [0.15, 0.2) is 5.65 Å². The van der Waals surface area contributed by atoms with E-state index in [1.54, 1.807) is 6.33 Å². The Kier molecular flexibility index (Phi) is 12.6. The summed E-state index contributed by atoms with van der Waals surface area (Å²) in [6.45, 7) is 0. The number of hydrogen-bond donors (Lipinski definition) is 4. The maximum Gasteiger partial charge on any atom is 1.00 e. The molecule has 3 rings (SSSR count). The molecule has 0 bridgehead atoms. The van der Waals surface area contributed by atoms with Gasteiger partial charge < -0.3 is 34.9 Å². The third-order valence-electron chi connectivity index (χ3n) is 2.80. The summed E-state index contributed by atoms with van der Waals surface area (Å²) in [6.07, 6.45) is 2.32. The van der Waals surface area contributed by atoms with E-state index in [4.69, 9.17) is 15.5 Å². The molecule has 0 atom stereocenters. The Morgan fingerprint density at radius 3 is 2.25 bits per heavy atom. The fourth-order valence-corrected chi connectivity index (χ4v) is 3.00. The van der Waals surface area contributed by atoms with Gasteiger partial charge in [-0.2, -0.15) is 4.98 Å². The molecule has 0 aliphatic carbocycles. The Balaban J connectivity index is 0.000000580. The molecule has 1 aromatic carbocycles. The minimum atomic E-state index is -5.55. The molecule has 0 spiro atoms. The Morgan fingerprint density at radius 1 is 1.14 bits per heavy atom. The number of nitrogens with two attached hydrogens (primary N) is 1. The number of nitrogen functional groups attached to an aromatic ring is 1. The van der Waals surface area contributed by atoms with Crippen LogP contribution >= 0.6 is 15.6 Å². The molecule has 0 amide bonds. The van der Waals surface area contributed by atoms with Crippen LogP contribution in [0, 0.1) is 0 Å². The van der Waals surface area contributed by atoms with Crippen molar-refractivity contribution in [2.75, 3.05) is 5.73 Å². The van der Waals surface area contributed by atoms with E-state index >= 15 is 0 Å². The minimum absolute atomic E-state index is 0. The number of nitrogens with zero attached hydrogens (tertiary/aromatic N) is 3. The van der Waals surface area contributed by atoms with Crippen LogP contribution in [0.4, 0.5) is 5.95 Å². The molecule has 0 radical (unpaired) electrons. The first-order valence-corrected chi connectivity index (χ1v) is 9.81. The maximum atomic E-state index is 9.55. The van der Waals surface area contributed by atoms with Crippen molar-refractivity contribution >= 4 is 32.8 Å². The number of hydrogen-bond acceptors (Lipinski definition) is 9. The van der Waals surface area contributed by atoms with Crippen molar-refractivity contribution < 1.29 is 114 Å². The normalized spacial score (nSPS) is 11.0. The Labute approximate surface area is 223 Å². The van der Waals surface area contributed by atoms with Gasteiger partial charge in [0.25, 0.3) is 0 Å². The summed E-state index contributed by atoms with van der Waals surface area (Å²) >= 11 is 0. The molecule has 0 saturated carbocycles. The van der Waals surface area contributed by atoms with Gasteiger partial charge in [0.05, 0.1) is 19.8 Å². The molecule has 0 aliphatic heterocycles. The van der Waals surface area contributed by atoms with E-state index in [1.165, 1.54) is 5.56 Å². The number of rotatable bonds is 4.